The molecule has 1 fully saturated rings. The highest BCUT2D eigenvalue weighted by atomic mass is 16.5. The lowest BCUT2D eigenvalue weighted by molar-refractivity contribution is -0.125. The van der Waals surface area contributed by atoms with Crippen LogP contribution in [0.4, 0.5) is 0 Å². The quantitative estimate of drug-likeness (QED) is 0.689. The minimum Gasteiger partial charge on any atom is -0.452 e. The molecule has 1 saturated carbocycles. The van der Waals surface area contributed by atoms with Gasteiger partial charge in [-0.05, 0) is 36.5 Å². The van der Waals surface area contributed by atoms with Crippen molar-refractivity contribution >= 4 is 17.8 Å². The van der Waals surface area contributed by atoms with E-state index in [4.69, 9.17) is 4.74 Å². The Hall–Kier alpha value is -3.15. The fourth-order valence-corrected chi connectivity index (χ4v) is 3.97. The maximum atomic E-state index is 13.0. The Balaban J connectivity index is 1.60. The van der Waals surface area contributed by atoms with Crippen LogP contribution in [0, 0.1) is 5.92 Å². The number of benzene rings is 2. The number of hydrogen-bond donors (Lipinski definition) is 1. The van der Waals surface area contributed by atoms with E-state index < -0.39 is 5.97 Å². The van der Waals surface area contributed by atoms with Gasteiger partial charge >= 0.3 is 5.97 Å². The van der Waals surface area contributed by atoms with Crippen LogP contribution >= 0.6 is 0 Å². The molecule has 164 valence electrons. The smallest absolute Gasteiger partial charge is 0.339 e. The summed E-state index contributed by atoms with van der Waals surface area (Å²) in [5, 5.41) is 2.97. The predicted octanol–water partition coefficient (Wildman–Crippen LogP) is 3.81. The van der Waals surface area contributed by atoms with Gasteiger partial charge in [0.25, 0.3) is 11.8 Å². The summed E-state index contributed by atoms with van der Waals surface area (Å²) in [7, 11) is 1.69. The van der Waals surface area contributed by atoms with Crippen LogP contribution in [0.2, 0.25) is 0 Å². The molecule has 2 aromatic rings. The Bertz CT molecular complexity index is 913. The lowest BCUT2D eigenvalue weighted by Crippen LogP contribution is -2.43. The minimum atomic E-state index is -0.677. The van der Waals surface area contributed by atoms with Crippen molar-refractivity contribution in [1.29, 1.82) is 0 Å². The fraction of sp³-hybridized carbons (Fsp3) is 0.400. The second-order valence-corrected chi connectivity index (χ2v) is 8.20. The fourth-order valence-electron chi connectivity index (χ4n) is 3.97. The van der Waals surface area contributed by atoms with Crippen LogP contribution in [0.25, 0.3) is 0 Å². The van der Waals surface area contributed by atoms with E-state index in [1.165, 1.54) is 6.42 Å². The molecule has 0 aromatic heterocycles. The zero-order valence-electron chi connectivity index (χ0n) is 18.2. The van der Waals surface area contributed by atoms with E-state index in [1.807, 2.05) is 30.3 Å². The van der Waals surface area contributed by atoms with Gasteiger partial charge in [-0.25, -0.2) is 4.79 Å². The summed E-state index contributed by atoms with van der Waals surface area (Å²) in [6.45, 7) is 2.19. The molecular weight excluding hydrogens is 392 g/mol. The molecule has 1 aliphatic rings. The molecule has 1 aliphatic carbocycles. The number of rotatable bonds is 7. The molecule has 0 saturated heterocycles. The number of ether oxygens (including phenoxy) is 1. The summed E-state index contributed by atoms with van der Waals surface area (Å²) < 4.78 is 5.23. The molecule has 1 N–H and O–H groups in total. The standard InChI is InChI=1S/C25H30N2O4/c1-18-10-6-9-15-22(18)26-23(28)17-31-25(30)21-14-8-7-13-20(21)24(29)27(2)16-19-11-4-3-5-12-19/h3-5,7-8,11-14,18,22H,6,9-10,15-17H2,1-2H3,(H,26,28)/t18-,22-/m1/s1. The molecule has 2 aromatic carbocycles. The summed E-state index contributed by atoms with van der Waals surface area (Å²) in [6, 6.07) is 16.3. The van der Waals surface area contributed by atoms with Gasteiger partial charge in [-0.2, -0.15) is 0 Å². The average molecular weight is 423 g/mol. The minimum absolute atomic E-state index is 0.125. The van der Waals surface area contributed by atoms with E-state index in [0.717, 1.165) is 24.8 Å². The molecule has 0 bridgehead atoms. The van der Waals surface area contributed by atoms with Gasteiger partial charge < -0.3 is 15.0 Å². The maximum Gasteiger partial charge on any atom is 0.339 e. The zero-order chi connectivity index (χ0) is 22.2. The van der Waals surface area contributed by atoms with Gasteiger partial charge in [0.2, 0.25) is 0 Å². The molecule has 0 radical (unpaired) electrons. The third-order valence-corrected chi connectivity index (χ3v) is 5.78. The number of nitrogens with one attached hydrogen (secondary N) is 1. The summed E-state index contributed by atoms with van der Waals surface area (Å²) in [5.41, 5.74) is 1.41. The Morgan fingerprint density at radius 3 is 2.32 bits per heavy atom. The van der Waals surface area contributed by atoms with Crippen LogP contribution in [0.15, 0.2) is 54.6 Å². The van der Waals surface area contributed by atoms with Crippen molar-refractivity contribution in [1.82, 2.24) is 10.2 Å². The molecular formula is C25H30N2O4. The highest BCUT2D eigenvalue weighted by Gasteiger charge is 2.24. The van der Waals surface area contributed by atoms with Gasteiger partial charge in [-0.15, -0.1) is 0 Å². The second kappa shape index (κ2) is 10.8. The first-order valence-corrected chi connectivity index (χ1v) is 10.8. The third kappa shape index (κ3) is 6.17. The first-order valence-electron chi connectivity index (χ1n) is 10.8. The number of hydrogen-bond acceptors (Lipinski definition) is 4. The Morgan fingerprint density at radius 2 is 1.61 bits per heavy atom. The SMILES string of the molecule is C[C@@H]1CCCC[C@H]1NC(=O)COC(=O)c1ccccc1C(=O)N(C)Cc1ccccc1. The summed E-state index contributed by atoms with van der Waals surface area (Å²) in [4.78, 5) is 39.4. The van der Waals surface area contributed by atoms with Crippen molar-refractivity contribution < 1.29 is 19.1 Å². The molecule has 0 unspecified atom stereocenters. The van der Waals surface area contributed by atoms with Crippen LogP contribution in [0.5, 0.6) is 0 Å². The van der Waals surface area contributed by atoms with E-state index in [9.17, 15) is 14.4 Å². The van der Waals surface area contributed by atoms with E-state index in [0.29, 0.717) is 12.5 Å². The van der Waals surface area contributed by atoms with E-state index in [-0.39, 0.29) is 35.6 Å². The highest BCUT2D eigenvalue weighted by Crippen LogP contribution is 2.23. The van der Waals surface area contributed by atoms with Crippen molar-refractivity contribution in [3.8, 4) is 0 Å². The van der Waals surface area contributed by atoms with Gasteiger partial charge in [-0.1, -0.05) is 62.2 Å². The number of carbonyl (C=O) groups is 3. The predicted molar refractivity (Wildman–Crippen MR) is 119 cm³/mol. The monoisotopic (exact) mass is 422 g/mol. The molecule has 2 amide bonds. The molecule has 6 heteroatoms. The average Bonchev–Trinajstić information content (AvgIpc) is 2.79. The lowest BCUT2D eigenvalue weighted by atomic mass is 9.86. The van der Waals surface area contributed by atoms with Crippen molar-refractivity contribution in [2.45, 2.75) is 45.2 Å². The molecule has 0 heterocycles. The van der Waals surface area contributed by atoms with E-state index in [1.54, 1.807) is 36.2 Å². The van der Waals surface area contributed by atoms with Crippen molar-refractivity contribution in [2.24, 2.45) is 5.92 Å². The van der Waals surface area contributed by atoms with Crippen molar-refractivity contribution in [3.63, 3.8) is 0 Å². The lowest BCUT2D eigenvalue weighted by Gasteiger charge is -2.29. The van der Waals surface area contributed by atoms with Crippen molar-refractivity contribution in [2.75, 3.05) is 13.7 Å². The van der Waals surface area contributed by atoms with Gasteiger partial charge in [0.1, 0.15) is 0 Å². The maximum absolute atomic E-state index is 13.0. The van der Waals surface area contributed by atoms with Crippen LogP contribution in [0.3, 0.4) is 0 Å². The molecule has 31 heavy (non-hydrogen) atoms. The van der Waals surface area contributed by atoms with Crippen LogP contribution in [-0.4, -0.2) is 42.4 Å². The van der Waals surface area contributed by atoms with Gasteiger partial charge in [0.15, 0.2) is 6.61 Å². The summed E-state index contributed by atoms with van der Waals surface area (Å²) >= 11 is 0. The summed E-state index contributed by atoms with van der Waals surface area (Å²) in [5.74, 6) is -0.843. The molecule has 2 atom stereocenters. The zero-order valence-corrected chi connectivity index (χ0v) is 18.2. The number of carbonyl (C=O) groups excluding carboxylic acids is 3. The van der Waals surface area contributed by atoms with Crippen LogP contribution in [0.1, 0.15) is 58.9 Å². The Morgan fingerprint density at radius 1 is 0.968 bits per heavy atom. The summed E-state index contributed by atoms with van der Waals surface area (Å²) in [6.07, 6.45) is 4.33. The first-order chi connectivity index (χ1) is 15.0. The Labute approximate surface area is 183 Å². The van der Waals surface area contributed by atoms with Crippen molar-refractivity contribution in [3.05, 3.63) is 71.3 Å². The molecule has 6 nitrogen and oxygen atoms in total. The first kappa shape index (κ1) is 22.5. The normalized spacial score (nSPS) is 18.1. The van der Waals surface area contributed by atoms with Crippen LogP contribution in [-0.2, 0) is 16.1 Å². The van der Waals surface area contributed by atoms with Gasteiger partial charge in [-0.3, -0.25) is 9.59 Å². The number of esters is 1. The molecule has 3 rings (SSSR count). The Kier molecular flexibility index (Phi) is 7.82. The second-order valence-electron chi connectivity index (χ2n) is 8.20. The largest absolute Gasteiger partial charge is 0.452 e. The topological polar surface area (TPSA) is 75.7 Å². The number of nitrogens with zero attached hydrogens (tertiary/aromatic N) is 1. The van der Waals surface area contributed by atoms with Crippen LogP contribution < -0.4 is 5.32 Å². The van der Waals surface area contributed by atoms with Gasteiger partial charge in [0, 0.05) is 19.6 Å². The highest BCUT2D eigenvalue weighted by molar-refractivity contribution is 6.05. The molecule has 0 spiro atoms. The third-order valence-electron chi connectivity index (χ3n) is 5.78. The van der Waals surface area contributed by atoms with E-state index >= 15 is 0 Å². The number of amides is 2. The van der Waals surface area contributed by atoms with E-state index in [2.05, 4.69) is 12.2 Å². The molecule has 0 aliphatic heterocycles. The van der Waals surface area contributed by atoms with Gasteiger partial charge in [0.05, 0.1) is 11.1 Å².